The van der Waals surface area contributed by atoms with E-state index in [-0.39, 0.29) is 6.03 Å². The average molecular weight is 398 g/mol. The lowest BCUT2D eigenvalue weighted by molar-refractivity contribution is 0.140. The lowest BCUT2D eigenvalue weighted by Crippen LogP contribution is -2.51. The lowest BCUT2D eigenvalue weighted by Gasteiger charge is -2.34. The molecule has 2 aromatic carbocycles. The van der Waals surface area contributed by atoms with Crippen molar-refractivity contribution in [1.29, 1.82) is 0 Å². The van der Waals surface area contributed by atoms with Crippen LogP contribution in [0.3, 0.4) is 0 Å². The van der Waals surface area contributed by atoms with Crippen molar-refractivity contribution in [2.24, 2.45) is 0 Å². The predicted molar refractivity (Wildman–Crippen MR) is 115 cm³/mol. The highest BCUT2D eigenvalue weighted by Gasteiger charge is 2.20. The predicted octanol–water partition coefficient (Wildman–Crippen LogP) is 3.08. The molecule has 2 aromatic rings. The van der Waals surface area contributed by atoms with Crippen molar-refractivity contribution >= 4 is 6.03 Å². The summed E-state index contributed by atoms with van der Waals surface area (Å²) in [5, 5.41) is 3.03. The number of amides is 2. The summed E-state index contributed by atoms with van der Waals surface area (Å²) in [4.78, 5) is 16.8. The first-order chi connectivity index (χ1) is 14.1. The first-order valence-electron chi connectivity index (χ1n) is 10.1. The van der Waals surface area contributed by atoms with E-state index in [1.807, 2.05) is 29.2 Å². The van der Waals surface area contributed by atoms with Crippen molar-refractivity contribution in [2.45, 2.75) is 19.9 Å². The van der Waals surface area contributed by atoms with Crippen molar-refractivity contribution in [3.05, 3.63) is 59.2 Å². The van der Waals surface area contributed by atoms with Crippen LogP contribution < -0.4 is 14.8 Å². The fourth-order valence-electron chi connectivity index (χ4n) is 3.61. The summed E-state index contributed by atoms with van der Waals surface area (Å²) < 4.78 is 10.7. The smallest absolute Gasteiger partial charge is 0.317 e. The van der Waals surface area contributed by atoms with E-state index in [9.17, 15) is 4.79 Å². The van der Waals surface area contributed by atoms with Crippen molar-refractivity contribution in [1.82, 2.24) is 15.1 Å². The first kappa shape index (κ1) is 21.0. The van der Waals surface area contributed by atoms with Gasteiger partial charge in [0.1, 0.15) is 0 Å². The van der Waals surface area contributed by atoms with Crippen LogP contribution in [0.1, 0.15) is 16.7 Å². The zero-order chi connectivity index (χ0) is 20.6. The number of nitrogens with one attached hydrogen (secondary N) is 1. The van der Waals surface area contributed by atoms with E-state index in [2.05, 4.69) is 35.3 Å². The Hall–Kier alpha value is -2.73. The highest BCUT2D eigenvalue weighted by Crippen LogP contribution is 2.27. The number of nitrogens with zero attached hydrogens (tertiary/aromatic N) is 2. The van der Waals surface area contributed by atoms with Gasteiger partial charge < -0.3 is 19.7 Å². The van der Waals surface area contributed by atoms with E-state index in [4.69, 9.17) is 9.47 Å². The Morgan fingerprint density at radius 1 is 0.966 bits per heavy atom. The molecule has 1 aliphatic rings. The Bertz CT molecular complexity index is 817. The van der Waals surface area contributed by atoms with Gasteiger partial charge in [-0.3, -0.25) is 4.90 Å². The topological polar surface area (TPSA) is 54.0 Å². The second-order valence-corrected chi connectivity index (χ2v) is 7.42. The Morgan fingerprint density at radius 3 is 2.41 bits per heavy atom. The van der Waals surface area contributed by atoms with Crippen molar-refractivity contribution in [3.8, 4) is 11.5 Å². The van der Waals surface area contributed by atoms with Gasteiger partial charge in [0.2, 0.25) is 0 Å². The van der Waals surface area contributed by atoms with Gasteiger partial charge in [-0.1, -0.05) is 35.9 Å². The molecule has 29 heavy (non-hydrogen) atoms. The molecular formula is C23H31N3O3. The Morgan fingerprint density at radius 2 is 1.72 bits per heavy atom. The number of hydrogen-bond acceptors (Lipinski definition) is 4. The third-order valence-electron chi connectivity index (χ3n) is 5.35. The van der Waals surface area contributed by atoms with Crippen LogP contribution >= 0.6 is 0 Å². The molecule has 6 heteroatoms. The second kappa shape index (κ2) is 10.2. The third kappa shape index (κ3) is 5.87. The maximum atomic E-state index is 12.4. The maximum Gasteiger partial charge on any atom is 0.317 e. The van der Waals surface area contributed by atoms with E-state index < -0.39 is 0 Å². The zero-order valence-corrected chi connectivity index (χ0v) is 17.6. The van der Waals surface area contributed by atoms with E-state index in [0.717, 1.165) is 56.2 Å². The quantitative estimate of drug-likeness (QED) is 0.780. The van der Waals surface area contributed by atoms with Gasteiger partial charge in [-0.2, -0.15) is 0 Å². The van der Waals surface area contributed by atoms with Gasteiger partial charge in [-0.25, -0.2) is 4.79 Å². The maximum absolute atomic E-state index is 12.4. The molecule has 0 aromatic heterocycles. The molecule has 0 aliphatic carbocycles. The fraction of sp³-hybridized carbons (Fsp3) is 0.435. The van der Waals surface area contributed by atoms with Gasteiger partial charge >= 0.3 is 6.03 Å². The molecule has 0 unspecified atom stereocenters. The first-order valence-corrected chi connectivity index (χ1v) is 10.1. The fourth-order valence-corrected chi connectivity index (χ4v) is 3.61. The number of carbonyl (C=O) groups is 1. The normalized spacial score (nSPS) is 14.5. The number of carbonyl (C=O) groups excluding carboxylic acids is 1. The summed E-state index contributed by atoms with van der Waals surface area (Å²) in [5.74, 6) is 1.52. The summed E-state index contributed by atoms with van der Waals surface area (Å²) >= 11 is 0. The summed E-state index contributed by atoms with van der Waals surface area (Å²) in [6.45, 7) is 6.90. The summed E-state index contributed by atoms with van der Waals surface area (Å²) in [6.07, 6.45) is 0.944. The standard InChI is InChI=1S/C23H31N3O3/c1-18-5-4-6-20(15-18)17-24-23(27)26-13-11-25(12-14-26)10-9-19-7-8-21(28-2)22(16-19)29-3/h4-8,15-16H,9-14,17H2,1-3H3,(H,24,27). The average Bonchev–Trinajstić information content (AvgIpc) is 2.76. The molecule has 6 nitrogen and oxygen atoms in total. The third-order valence-corrected chi connectivity index (χ3v) is 5.35. The molecule has 0 spiro atoms. The molecule has 3 rings (SSSR count). The summed E-state index contributed by atoms with van der Waals surface area (Å²) in [6, 6.07) is 14.3. The van der Waals surface area contributed by atoms with E-state index in [1.54, 1.807) is 14.2 Å². The van der Waals surface area contributed by atoms with Gasteiger partial charge in [0.15, 0.2) is 11.5 Å². The van der Waals surface area contributed by atoms with Gasteiger partial charge in [0, 0.05) is 39.3 Å². The molecule has 1 fully saturated rings. The summed E-state index contributed by atoms with van der Waals surface area (Å²) in [5.41, 5.74) is 3.56. The van der Waals surface area contributed by atoms with Crippen LogP contribution in [-0.2, 0) is 13.0 Å². The number of benzene rings is 2. The molecular weight excluding hydrogens is 366 g/mol. The molecule has 1 N–H and O–H groups in total. The highest BCUT2D eigenvalue weighted by atomic mass is 16.5. The van der Waals surface area contributed by atoms with Gasteiger partial charge in [0.05, 0.1) is 14.2 Å². The van der Waals surface area contributed by atoms with Crippen molar-refractivity contribution < 1.29 is 14.3 Å². The number of aryl methyl sites for hydroxylation is 1. The molecule has 0 radical (unpaired) electrons. The number of urea groups is 1. The Balaban J connectivity index is 1.41. The number of methoxy groups -OCH3 is 2. The minimum Gasteiger partial charge on any atom is -0.493 e. The number of piperazine rings is 1. The molecule has 2 amide bonds. The molecule has 1 aliphatic heterocycles. The lowest BCUT2D eigenvalue weighted by atomic mass is 10.1. The van der Waals surface area contributed by atoms with Crippen LogP contribution in [-0.4, -0.2) is 62.8 Å². The molecule has 1 saturated heterocycles. The number of ether oxygens (including phenoxy) is 2. The SMILES string of the molecule is COc1ccc(CCN2CCN(C(=O)NCc3cccc(C)c3)CC2)cc1OC. The second-order valence-electron chi connectivity index (χ2n) is 7.42. The number of rotatable bonds is 7. The summed E-state index contributed by atoms with van der Waals surface area (Å²) in [7, 11) is 3.30. The Kier molecular flexibility index (Phi) is 7.36. The van der Waals surface area contributed by atoms with Crippen LogP contribution in [0, 0.1) is 6.92 Å². The largest absolute Gasteiger partial charge is 0.493 e. The highest BCUT2D eigenvalue weighted by molar-refractivity contribution is 5.74. The van der Waals surface area contributed by atoms with E-state index >= 15 is 0 Å². The zero-order valence-electron chi connectivity index (χ0n) is 17.6. The van der Waals surface area contributed by atoms with Gasteiger partial charge in [-0.15, -0.1) is 0 Å². The van der Waals surface area contributed by atoms with Gasteiger partial charge in [0.25, 0.3) is 0 Å². The van der Waals surface area contributed by atoms with E-state index in [0.29, 0.717) is 6.54 Å². The van der Waals surface area contributed by atoms with E-state index in [1.165, 1.54) is 11.1 Å². The van der Waals surface area contributed by atoms with Crippen molar-refractivity contribution in [3.63, 3.8) is 0 Å². The van der Waals surface area contributed by atoms with Crippen LogP contribution in [0.5, 0.6) is 11.5 Å². The molecule has 1 heterocycles. The monoisotopic (exact) mass is 397 g/mol. The van der Waals surface area contributed by atoms with Crippen LogP contribution in [0.2, 0.25) is 0 Å². The van der Waals surface area contributed by atoms with Crippen LogP contribution in [0.25, 0.3) is 0 Å². The van der Waals surface area contributed by atoms with Crippen LogP contribution in [0.4, 0.5) is 4.79 Å². The molecule has 0 bridgehead atoms. The molecule has 0 saturated carbocycles. The molecule has 0 atom stereocenters. The Labute approximate surface area is 173 Å². The van der Waals surface area contributed by atoms with Gasteiger partial charge in [-0.05, 0) is 36.6 Å². The molecule has 156 valence electrons. The van der Waals surface area contributed by atoms with Crippen LogP contribution in [0.15, 0.2) is 42.5 Å². The minimum absolute atomic E-state index is 0.0195. The minimum atomic E-state index is 0.0195. The number of hydrogen-bond donors (Lipinski definition) is 1. The van der Waals surface area contributed by atoms with Crippen molar-refractivity contribution in [2.75, 3.05) is 46.9 Å².